The average Bonchev–Trinajstić information content (AvgIpc) is 2.86. The molecule has 0 saturated carbocycles. The highest BCUT2D eigenvalue weighted by Crippen LogP contribution is 2.26. The van der Waals surface area contributed by atoms with E-state index in [1.165, 1.54) is 11.3 Å². The molecule has 0 aliphatic carbocycles. The Morgan fingerprint density at radius 2 is 2.30 bits per heavy atom. The number of hydrogen-bond donors (Lipinski definition) is 1. The third kappa shape index (κ3) is 3.85. The highest BCUT2D eigenvalue weighted by Gasteiger charge is 2.08. The van der Waals surface area contributed by atoms with Gasteiger partial charge in [-0.2, -0.15) is 0 Å². The number of methoxy groups -OCH3 is 1. The summed E-state index contributed by atoms with van der Waals surface area (Å²) in [5.41, 5.74) is 2.00. The summed E-state index contributed by atoms with van der Waals surface area (Å²) in [6.07, 6.45) is 1.81. The maximum Gasteiger partial charge on any atom is 0.250 e. The molecule has 0 amide bonds. The summed E-state index contributed by atoms with van der Waals surface area (Å²) in [7, 11) is 1.62. The minimum Gasteiger partial charge on any atom is -0.383 e. The van der Waals surface area contributed by atoms with Gasteiger partial charge in [-0.3, -0.25) is 4.79 Å². The maximum atomic E-state index is 11.7. The van der Waals surface area contributed by atoms with Crippen molar-refractivity contribution in [2.75, 3.05) is 19.0 Å². The first-order chi connectivity index (χ1) is 9.60. The highest BCUT2D eigenvalue weighted by atomic mass is 35.5. The molecule has 20 heavy (non-hydrogen) atoms. The lowest BCUT2D eigenvalue weighted by molar-refractivity contribution is 0.186. The van der Waals surface area contributed by atoms with Crippen LogP contribution in [0, 0.1) is 0 Å². The molecule has 4 nitrogen and oxygen atoms in total. The van der Waals surface area contributed by atoms with Crippen LogP contribution in [0.1, 0.15) is 18.5 Å². The van der Waals surface area contributed by atoms with E-state index in [9.17, 15) is 4.79 Å². The van der Waals surface area contributed by atoms with Crippen LogP contribution in [0.15, 0.2) is 34.6 Å². The van der Waals surface area contributed by atoms with Gasteiger partial charge < -0.3 is 14.6 Å². The SMILES string of the molecule is COCCn1cc(NC(C)c2csc(Cl)c2)ccc1=O. The van der Waals surface area contributed by atoms with Crippen molar-refractivity contribution in [2.24, 2.45) is 0 Å². The smallest absolute Gasteiger partial charge is 0.250 e. The summed E-state index contributed by atoms with van der Waals surface area (Å²) in [6, 6.07) is 5.43. The van der Waals surface area contributed by atoms with E-state index >= 15 is 0 Å². The molecule has 0 fully saturated rings. The van der Waals surface area contributed by atoms with Crippen molar-refractivity contribution in [1.29, 1.82) is 0 Å². The molecule has 0 radical (unpaired) electrons. The molecule has 0 aliphatic rings. The lowest BCUT2D eigenvalue weighted by Gasteiger charge is -2.15. The Labute approximate surface area is 127 Å². The van der Waals surface area contributed by atoms with Gasteiger partial charge in [0, 0.05) is 32.0 Å². The molecule has 0 spiro atoms. The quantitative estimate of drug-likeness (QED) is 0.889. The van der Waals surface area contributed by atoms with Gasteiger partial charge in [-0.05, 0) is 30.0 Å². The van der Waals surface area contributed by atoms with E-state index in [2.05, 4.69) is 12.2 Å². The van der Waals surface area contributed by atoms with E-state index < -0.39 is 0 Å². The molecular weight excluding hydrogens is 296 g/mol. The van der Waals surface area contributed by atoms with Gasteiger partial charge >= 0.3 is 0 Å². The molecule has 2 rings (SSSR count). The Bertz CT molecular complexity index is 624. The van der Waals surface area contributed by atoms with E-state index in [4.69, 9.17) is 16.3 Å². The molecule has 1 N–H and O–H groups in total. The van der Waals surface area contributed by atoms with E-state index in [0.29, 0.717) is 13.2 Å². The third-order valence-corrected chi connectivity index (χ3v) is 4.10. The number of thiophene rings is 1. The summed E-state index contributed by atoms with van der Waals surface area (Å²) < 4.78 is 7.42. The van der Waals surface area contributed by atoms with Gasteiger partial charge in [0.2, 0.25) is 0 Å². The molecule has 0 saturated heterocycles. The predicted molar refractivity (Wildman–Crippen MR) is 83.9 cm³/mol. The topological polar surface area (TPSA) is 43.3 Å². The molecule has 2 heterocycles. The fraction of sp³-hybridized carbons (Fsp3) is 0.357. The van der Waals surface area contributed by atoms with E-state index in [1.54, 1.807) is 23.8 Å². The Morgan fingerprint density at radius 1 is 1.50 bits per heavy atom. The molecule has 1 unspecified atom stereocenters. The molecule has 0 aliphatic heterocycles. The van der Waals surface area contributed by atoms with Gasteiger partial charge in [0.1, 0.15) is 0 Å². The first kappa shape index (κ1) is 15.1. The average molecular weight is 313 g/mol. The molecule has 1 atom stereocenters. The van der Waals surface area contributed by atoms with Crippen LogP contribution >= 0.6 is 22.9 Å². The molecular formula is C14H17ClN2O2S. The summed E-state index contributed by atoms with van der Waals surface area (Å²) in [6.45, 7) is 3.12. The number of ether oxygens (including phenoxy) is 1. The minimum atomic E-state index is -0.0289. The van der Waals surface area contributed by atoms with Crippen molar-refractivity contribution < 1.29 is 4.74 Å². The zero-order valence-corrected chi connectivity index (χ0v) is 13.0. The zero-order valence-electron chi connectivity index (χ0n) is 11.4. The van der Waals surface area contributed by atoms with E-state index in [1.807, 2.05) is 17.6 Å². The summed E-state index contributed by atoms with van der Waals surface area (Å²) in [5.74, 6) is 0. The van der Waals surface area contributed by atoms with Crippen molar-refractivity contribution in [3.05, 3.63) is 50.0 Å². The minimum absolute atomic E-state index is 0.0289. The van der Waals surface area contributed by atoms with Crippen molar-refractivity contribution in [2.45, 2.75) is 19.5 Å². The van der Waals surface area contributed by atoms with Crippen molar-refractivity contribution in [3.63, 3.8) is 0 Å². The van der Waals surface area contributed by atoms with Crippen LogP contribution in [-0.4, -0.2) is 18.3 Å². The second kappa shape index (κ2) is 6.92. The third-order valence-electron chi connectivity index (χ3n) is 2.99. The van der Waals surface area contributed by atoms with Gasteiger partial charge in [-0.1, -0.05) is 11.6 Å². The Morgan fingerprint density at radius 3 is 2.95 bits per heavy atom. The standard InChI is InChI=1S/C14H17ClN2O2S/c1-10(11-7-13(15)20-9-11)16-12-3-4-14(18)17(8-12)5-6-19-2/h3-4,7-10,16H,5-6H2,1-2H3. The van der Waals surface area contributed by atoms with Crippen LogP contribution in [0.5, 0.6) is 0 Å². The number of nitrogens with one attached hydrogen (secondary N) is 1. The Balaban J connectivity index is 2.11. The predicted octanol–water partition coefficient (Wildman–Crippen LogP) is 3.38. The van der Waals surface area contributed by atoms with Crippen LogP contribution in [0.2, 0.25) is 4.34 Å². The van der Waals surface area contributed by atoms with Crippen molar-refractivity contribution in [3.8, 4) is 0 Å². The van der Waals surface area contributed by atoms with E-state index in [-0.39, 0.29) is 11.6 Å². The van der Waals surface area contributed by atoms with Crippen LogP contribution < -0.4 is 10.9 Å². The molecule has 2 aromatic heterocycles. The van der Waals surface area contributed by atoms with Gasteiger partial charge in [0.25, 0.3) is 5.56 Å². The first-order valence-corrected chi connectivity index (χ1v) is 7.56. The molecule has 2 aromatic rings. The first-order valence-electron chi connectivity index (χ1n) is 6.30. The van der Waals surface area contributed by atoms with Crippen LogP contribution in [0.4, 0.5) is 5.69 Å². The molecule has 0 aromatic carbocycles. The van der Waals surface area contributed by atoms with Crippen molar-refractivity contribution >= 4 is 28.6 Å². The summed E-state index contributed by atoms with van der Waals surface area (Å²) in [4.78, 5) is 11.7. The van der Waals surface area contributed by atoms with Crippen molar-refractivity contribution in [1.82, 2.24) is 4.57 Å². The summed E-state index contributed by atoms with van der Waals surface area (Å²) in [5, 5.41) is 5.39. The highest BCUT2D eigenvalue weighted by molar-refractivity contribution is 7.14. The number of pyridine rings is 1. The second-order valence-electron chi connectivity index (χ2n) is 4.49. The van der Waals surface area contributed by atoms with Gasteiger partial charge in [0.15, 0.2) is 0 Å². The van der Waals surface area contributed by atoms with Gasteiger partial charge in [-0.15, -0.1) is 11.3 Å². The molecule has 0 bridgehead atoms. The normalized spacial score (nSPS) is 12.3. The monoisotopic (exact) mass is 312 g/mol. The van der Waals surface area contributed by atoms with Crippen LogP contribution in [0.25, 0.3) is 0 Å². The lowest BCUT2D eigenvalue weighted by Crippen LogP contribution is -2.21. The number of aromatic nitrogens is 1. The number of hydrogen-bond acceptors (Lipinski definition) is 4. The largest absolute Gasteiger partial charge is 0.383 e. The Kier molecular flexibility index (Phi) is 5.23. The zero-order chi connectivity index (χ0) is 14.5. The number of anilines is 1. The summed E-state index contributed by atoms with van der Waals surface area (Å²) >= 11 is 7.46. The number of halogens is 1. The van der Waals surface area contributed by atoms with Gasteiger partial charge in [0.05, 0.1) is 16.6 Å². The second-order valence-corrected chi connectivity index (χ2v) is 6.03. The van der Waals surface area contributed by atoms with Gasteiger partial charge in [-0.25, -0.2) is 0 Å². The fourth-order valence-corrected chi connectivity index (χ4v) is 2.85. The number of rotatable bonds is 6. The molecule has 108 valence electrons. The van der Waals surface area contributed by atoms with E-state index in [0.717, 1.165) is 15.6 Å². The fourth-order valence-electron chi connectivity index (χ4n) is 1.86. The maximum absolute atomic E-state index is 11.7. The molecule has 6 heteroatoms. The Hall–Kier alpha value is -1.30. The lowest BCUT2D eigenvalue weighted by atomic mass is 10.2. The number of nitrogens with zero attached hydrogens (tertiary/aromatic N) is 1. The van der Waals surface area contributed by atoms with Crippen LogP contribution in [0.3, 0.4) is 0 Å². The van der Waals surface area contributed by atoms with Crippen LogP contribution in [-0.2, 0) is 11.3 Å².